The summed E-state index contributed by atoms with van der Waals surface area (Å²) in [6, 6.07) is 18.7. The fourth-order valence-corrected chi connectivity index (χ4v) is 4.21. The first-order chi connectivity index (χ1) is 16.1. The Bertz CT molecular complexity index is 1400. The van der Waals surface area contributed by atoms with Crippen LogP contribution in [-0.4, -0.2) is 17.5 Å². The van der Waals surface area contributed by atoms with Gasteiger partial charge in [-0.05, 0) is 61.0 Å². The van der Waals surface area contributed by atoms with Crippen LogP contribution in [0.25, 0.3) is 17.0 Å². The summed E-state index contributed by atoms with van der Waals surface area (Å²) in [5.41, 5.74) is 3.46. The van der Waals surface area contributed by atoms with Gasteiger partial charge < -0.3 is 18.8 Å². The highest BCUT2D eigenvalue weighted by atomic mass is 35.5. The Morgan fingerprint density at radius 2 is 1.91 bits per heavy atom. The van der Waals surface area contributed by atoms with Gasteiger partial charge >= 0.3 is 0 Å². The maximum atomic E-state index is 13.0. The first-order valence-electron chi connectivity index (χ1n) is 10.7. The van der Waals surface area contributed by atoms with E-state index in [-0.39, 0.29) is 11.5 Å². The molecule has 6 heteroatoms. The SMILES string of the molecule is CCn1cc(/C=C2/Oc3cc(OCc4cccc(Cl)c4)ccc3C2=O)c2cc(OC)ccc21. The van der Waals surface area contributed by atoms with E-state index in [9.17, 15) is 4.79 Å². The monoisotopic (exact) mass is 459 g/mol. The van der Waals surface area contributed by atoms with Gasteiger partial charge in [0.05, 0.1) is 12.7 Å². The molecule has 0 aliphatic carbocycles. The maximum absolute atomic E-state index is 13.0. The molecule has 0 unspecified atom stereocenters. The molecule has 0 bridgehead atoms. The van der Waals surface area contributed by atoms with Crippen molar-refractivity contribution in [2.75, 3.05) is 7.11 Å². The van der Waals surface area contributed by atoms with Gasteiger partial charge in [0.1, 0.15) is 23.9 Å². The maximum Gasteiger partial charge on any atom is 0.231 e. The van der Waals surface area contributed by atoms with Gasteiger partial charge in [-0.25, -0.2) is 0 Å². The molecular weight excluding hydrogens is 438 g/mol. The number of aromatic nitrogens is 1. The highest BCUT2D eigenvalue weighted by molar-refractivity contribution is 6.30. The van der Waals surface area contributed by atoms with Crippen LogP contribution in [0.4, 0.5) is 0 Å². The molecule has 0 N–H and O–H groups in total. The lowest BCUT2D eigenvalue weighted by Gasteiger charge is -2.07. The minimum absolute atomic E-state index is 0.147. The molecule has 0 fully saturated rings. The number of fused-ring (bicyclic) bond motifs is 2. The molecule has 0 saturated carbocycles. The molecule has 0 spiro atoms. The van der Waals surface area contributed by atoms with Crippen LogP contribution in [0.15, 0.2) is 72.6 Å². The third-order valence-corrected chi connectivity index (χ3v) is 5.92. The molecule has 1 aromatic heterocycles. The van der Waals surface area contributed by atoms with Crippen LogP contribution in [0.1, 0.15) is 28.4 Å². The lowest BCUT2D eigenvalue weighted by molar-refractivity contribution is 0.101. The zero-order chi connectivity index (χ0) is 22.9. The Morgan fingerprint density at radius 1 is 1.06 bits per heavy atom. The average Bonchev–Trinajstić information content (AvgIpc) is 3.34. The quantitative estimate of drug-likeness (QED) is 0.308. The lowest BCUT2D eigenvalue weighted by atomic mass is 10.1. The van der Waals surface area contributed by atoms with Gasteiger partial charge in [0.15, 0.2) is 5.76 Å². The van der Waals surface area contributed by atoms with Crippen molar-refractivity contribution in [3.05, 3.63) is 94.3 Å². The number of benzene rings is 3. The standard InChI is InChI=1S/C27H22ClNO4/c1-3-29-15-18(23-13-20(31-2)8-10-24(23)29)12-26-27(30)22-9-7-21(14-25(22)33-26)32-16-17-5-4-6-19(28)11-17/h4-15H,3,16H2,1-2H3/b26-12+. The van der Waals surface area contributed by atoms with Gasteiger partial charge in [0.25, 0.3) is 0 Å². The molecule has 2 heterocycles. The van der Waals surface area contributed by atoms with E-state index in [1.807, 2.05) is 48.7 Å². The van der Waals surface area contributed by atoms with Crippen LogP contribution in [0, 0.1) is 0 Å². The molecule has 0 saturated heterocycles. The predicted molar refractivity (Wildman–Crippen MR) is 129 cm³/mol. The number of rotatable bonds is 6. The van der Waals surface area contributed by atoms with E-state index >= 15 is 0 Å². The molecular formula is C27H22ClNO4. The van der Waals surface area contributed by atoms with E-state index < -0.39 is 0 Å². The lowest BCUT2D eigenvalue weighted by Crippen LogP contribution is -1.98. The van der Waals surface area contributed by atoms with Crippen molar-refractivity contribution in [3.8, 4) is 17.2 Å². The van der Waals surface area contributed by atoms with Crippen molar-refractivity contribution < 1.29 is 19.0 Å². The Balaban J connectivity index is 1.42. The van der Waals surface area contributed by atoms with Crippen LogP contribution in [0.3, 0.4) is 0 Å². The number of nitrogens with zero attached hydrogens (tertiary/aromatic N) is 1. The Labute approximate surface area is 196 Å². The smallest absolute Gasteiger partial charge is 0.231 e. The van der Waals surface area contributed by atoms with Gasteiger partial charge in [0, 0.05) is 40.3 Å². The topological polar surface area (TPSA) is 49.7 Å². The summed E-state index contributed by atoms with van der Waals surface area (Å²) in [6.45, 7) is 3.27. The van der Waals surface area contributed by atoms with Crippen LogP contribution in [0.2, 0.25) is 5.02 Å². The van der Waals surface area contributed by atoms with Gasteiger partial charge in [0.2, 0.25) is 5.78 Å². The highest BCUT2D eigenvalue weighted by Crippen LogP contribution is 2.36. The third kappa shape index (κ3) is 4.08. The highest BCUT2D eigenvalue weighted by Gasteiger charge is 2.28. The minimum atomic E-state index is -0.147. The fourth-order valence-electron chi connectivity index (χ4n) is 4.00. The number of halogens is 1. The van der Waals surface area contributed by atoms with Gasteiger partial charge in [-0.3, -0.25) is 4.79 Å². The largest absolute Gasteiger partial charge is 0.497 e. The molecule has 4 aromatic rings. The summed E-state index contributed by atoms with van der Waals surface area (Å²) in [7, 11) is 1.64. The number of methoxy groups -OCH3 is 1. The van der Waals surface area contributed by atoms with Crippen LogP contribution in [-0.2, 0) is 13.2 Å². The number of ether oxygens (including phenoxy) is 3. The molecule has 33 heavy (non-hydrogen) atoms. The zero-order valence-electron chi connectivity index (χ0n) is 18.3. The van der Waals surface area contributed by atoms with Crippen LogP contribution >= 0.6 is 11.6 Å². The number of allylic oxidation sites excluding steroid dienone is 1. The normalized spacial score (nSPS) is 13.9. The molecule has 0 radical (unpaired) electrons. The number of hydrogen-bond acceptors (Lipinski definition) is 4. The minimum Gasteiger partial charge on any atom is -0.497 e. The first-order valence-corrected chi connectivity index (χ1v) is 11.1. The Kier molecular flexibility index (Phi) is 5.56. The van der Waals surface area contributed by atoms with Gasteiger partial charge in [-0.1, -0.05) is 23.7 Å². The van der Waals surface area contributed by atoms with E-state index in [0.29, 0.717) is 28.7 Å². The molecule has 0 amide bonds. The van der Waals surface area contributed by atoms with E-state index in [1.54, 1.807) is 31.4 Å². The number of ketones is 1. The molecule has 1 aliphatic rings. The van der Waals surface area contributed by atoms with Gasteiger partial charge in [-0.2, -0.15) is 0 Å². The van der Waals surface area contributed by atoms with Gasteiger partial charge in [-0.15, -0.1) is 0 Å². The Hall–Kier alpha value is -3.70. The van der Waals surface area contributed by atoms with Crippen LogP contribution < -0.4 is 14.2 Å². The fraction of sp³-hybridized carbons (Fsp3) is 0.148. The van der Waals surface area contributed by atoms with E-state index in [4.69, 9.17) is 25.8 Å². The van der Waals surface area contributed by atoms with E-state index in [0.717, 1.165) is 34.3 Å². The number of aryl methyl sites for hydroxylation is 1. The molecule has 5 nitrogen and oxygen atoms in total. The second-order valence-electron chi connectivity index (χ2n) is 7.77. The zero-order valence-corrected chi connectivity index (χ0v) is 19.1. The van der Waals surface area contributed by atoms with E-state index in [1.165, 1.54) is 0 Å². The first kappa shape index (κ1) is 21.2. The van der Waals surface area contributed by atoms with Crippen LogP contribution in [0.5, 0.6) is 17.2 Å². The summed E-state index contributed by atoms with van der Waals surface area (Å²) in [6.07, 6.45) is 3.82. The second-order valence-corrected chi connectivity index (χ2v) is 8.21. The van der Waals surface area contributed by atoms with E-state index in [2.05, 4.69) is 11.5 Å². The van der Waals surface area contributed by atoms with Crippen molar-refractivity contribution in [3.63, 3.8) is 0 Å². The summed E-state index contributed by atoms with van der Waals surface area (Å²) >= 11 is 6.04. The van der Waals surface area contributed by atoms with Crippen molar-refractivity contribution >= 4 is 34.4 Å². The summed E-state index contributed by atoms with van der Waals surface area (Å²) in [5.74, 6) is 2.02. The molecule has 5 rings (SSSR count). The molecule has 3 aromatic carbocycles. The number of carbonyl (C=O) groups is 1. The average molecular weight is 460 g/mol. The van der Waals surface area contributed by atoms with Crippen molar-refractivity contribution in [1.29, 1.82) is 0 Å². The number of hydrogen-bond donors (Lipinski definition) is 0. The van der Waals surface area contributed by atoms with Crippen molar-refractivity contribution in [2.45, 2.75) is 20.1 Å². The third-order valence-electron chi connectivity index (χ3n) is 5.68. The molecule has 166 valence electrons. The van der Waals surface area contributed by atoms with Crippen molar-refractivity contribution in [2.24, 2.45) is 0 Å². The summed E-state index contributed by atoms with van der Waals surface area (Å²) in [5, 5.41) is 1.66. The van der Waals surface area contributed by atoms with Crippen molar-refractivity contribution in [1.82, 2.24) is 4.57 Å². The summed E-state index contributed by atoms with van der Waals surface area (Å²) in [4.78, 5) is 13.0. The Morgan fingerprint density at radius 3 is 2.70 bits per heavy atom. The molecule has 0 atom stereocenters. The number of carbonyl (C=O) groups excluding carboxylic acids is 1. The summed E-state index contributed by atoms with van der Waals surface area (Å²) < 4.78 is 19.4. The molecule has 1 aliphatic heterocycles. The number of Topliss-reactive ketones (excluding diaryl/α,β-unsaturated/α-hetero) is 1. The predicted octanol–water partition coefficient (Wildman–Crippen LogP) is 6.52. The second kappa shape index (κ2) is 8.68.